The number of rotatable bonds is 11. The minimum absolute atomic E-state index is 0.0315. The van der Waals surface area contributed by atoms with Gasteiger partial charge in [0.05, 0.1) is 10.6 Å². The summed E-state index contributed by atoms with van der Waals surface area (Å²) in [5, 5.41) is 3.82. The number of benzene rings is 3. The van der Waals surface area contributed by atoms with E-state index < -0.39 is 28.5 Å². The Morgan fingerprint density at radius 1 is 0.923 bits per heavy atom. The molecular weight excluding hydrogens is 557 g/mol. The van der Waals surface area contributed by atoms with Crippen molar-refractivity contribution in [2.24, 2.45) is 0 Å². The van der Waals surface area contributed by atoms with Crippen molar-refractivity contribution in [3.63, 3.8) is 0 Å². The van der Waals surface area contributed by atoms with Crippen LogP contribution in [0.1, 0.15) is 38.3 Å². The van der Waals surface area contributed by atoms with Gasteiger partial charge in [0, 0.05) is 22.6 Å². The molecule has 3 aromatic carbocycles. The molecule has 0 aliphatic rings. The molecule has 1 N–H and O–H groups in total. The zero-order valence-corrected chi connectivity index (χ0v) is 24.7. The fourth-order valence-electron chi connectivity index (χ4n) is 3.93. The summed E-state index contributed by atoms with van der Waals surface area (Å²) >= 11 is 12.4. The molecule has 2 amide bonds. The predicted octanol–water partition coefficient (Wildman–Crippen LogP) is 5.83. The van der Waals surface area contributed by atoms with Gasteiger partial charge in [-0.15, -0.1) is 0 Å². The Morgan fingerprint density at radius 3 is 2.18 bits per heavy atom. The van der Waals surface area contributed by atoms with E-state index in [9.17, 15) is 18.0 Å². The molecule has 0 radical (unpaired) electrons. The lowest BCUT2D eigenvalue weighted by molar-refractivity contribution is -0.139. The lowest BCUT2D eigenvalue weighted by Gasteiger charge is -2.33. The molecule has 0 aliphatic carbocycles. The number of carbonyl (C=O) groups is 2. The Balaban J connectivity index is 2.05. The van der Waals surface area contributed by atoms with Crippen molar-refractivity contribution in [3.05, 3.63) is 94.0 Å². The van der Waals surface area contributed by atoms with E-state index in [0.717, 1.165) is 16.3 Å². The molecule has 0 bridgehead atoms. The van der Waals surface area contributed by atoms with E-state index in [1.165, 1.54) is 17.0 Å². The number of carbonyl (C=O) groups excluding carboxylic acids is 2. The summed E-state index contributed by atoms with van der Waals surface area (Å²) in [7, 11) is -4.16. The monoisotopic (exact) mass is 589 g/mol. The third-order valence-corrected chi connectivity index (χ3v) is 8.99. The molecule has 3 aromatic rings. The van der Waals surface area contributed by atoms with E-state index in [1.807, 2.05) is 13.8 Å². The summed E-state index contributed by atoms with van der Waals surface area (Å²) in [6.07, 6.45) is 0.723. The van der Waals surface area contributed by atoms with Gasteiger partial charge < -0.3 is 10.2 Å². The number of sulfonamides is 1. The van der Waals surface area contributed by atoms with Crippen molar-refractivity contribution in [1.29, 1.82) is 0 Å². The average Bonchev–Trinajstić information content (AvgIpc) is 2.92. The fraction of sp³-hybridized carbons (Fsp3) is 0.310. The number of nitrogens with one attached hydrogen (secondary N) is 1. The van der Waals surface area contributed by atoms with Crippen LogP contribution in [-0.2, 0) is 26.2 Å². The van der Waals surface area contributed by atoms with Gasteiger partial charge in [-0.05, 0) is 74.7 Å². The van der Waals surface area contributed by atoms with Crippen LogP contribution in [0.5, 0.6) is 0 Å². The number of hydrogen-bond acceptors (Lipinski definition) is 4. The van der Waals surface area contributed by atoms with E-state index in [2.05, 4.69) is 5.32 Å². The van der Waals surface area contributed by atoms with Crippen molar-refractivity contribution < 1.29 is 18.0 Å². The third kappa shape index (κ3) is 7.53. The molecule has 0 aliphatic heterocycles. The van der Waals surface area contributed by atoms with Gasteiger partial charge in [0.1, 0.15) is 12.6 Å². The zero-order chi connectivity index (χ0) is 28.7. The number of nitrogens with zero attached hydrogens (tertiary/aromatic N) is 2. The molecular formula is C29H33Cl2N3O4S. The maximum Gasteiger partial charge on any atom is 0.264 e. The van der Waals surface area contributed by atoms with E-state index in [0.29, 0.717) is 15.6 Å². The van der Waals surface area contributed by atoms with E-state index in [4.69, 9.17) is 23.2 Å². The first kappa shape index (κ1) is 30.5. The van der Waals surface area contributed by atoms with Crippen molar-refractivity contribution in [3.8, 4) is 0 Å². The number of halogens is 2. The first-order valence-corrected chi connectivity index (χ1v) is 14.8. The van der Waals surface area contributed by atoms with Gasteiger partial charge in [0.15, 0.2) is 0 Å². The van der Waals surface area contributed by atoms with Crippen LogP contribution in [0.4, 0.5) is 5.69 Å². The number of hydrogen-bond donors (Lipinski definition) is 1. The van der Waals surface area contributed by atoms with Gasteiger partial charge >= 0.3 is 0 Å². The lowest BCUT2D eigenvalue weighted by atomic mass is 10.1. The summed E-state index contributed by atoms with van der Waals surface area (Å²) < 4.78 is 28.8. The first-order valence-electron chi connectivity index (χ1n) is 12.6. The SMILES string of the molecule is CC[C@@H](C)NC(=O)[C@H](C)N(Cc1ccc(Cl)cc1)C(=O)CN(c1cccc(Cl)c1C)S(=O)(=O)c1ccccc1. The summed E-state index contributed by atoms with van der Waals surface area (Å²) in [6, 6.07) is 18.8. The van der Waals surface area contributed by atoms with Crippen LogP contribution < -0.4 is 9.62 Å². The molecule has 208 valence electrons. The van der Waals surface area contributed by atoms with Crippen molar-refractivity contribution in [1.82, 2.24) is 10.2 Å². The molecule has 3 rings (SSSR count). The Morgan fingerprint density at radius 2 is 1.56 bits per heavy atom. The second-order valence-electron chi connectivity index (χ2n) is 9.35. The molecule has 0 aromatic heterocycles. The van der Waals surface area contributed by atoms with Gasteiger partial charge in [0.2, 0.25) is 11.8 Å². The molecule has 0 fully saturated rings. The smallest absolute Gasteiger partial charge is 0.264 e. The van der Waals surface area contributed by atoms with Crippen LogP contribution in [-0.4, -0.2) is 43.8 Å². The van der Waals surface area contributed by atoms with Crippen molar-refractivity contribution in [2.75, 3.05) is 10.8 Å². The fourth-order valence-corrected chi connectivity index (χ4v) is 5.72. The molecule has 39 heavy (non-hydrogen) atoms. The predicted molar refractivity (Wildman–Crippen MR) is 157 cm³/mol. The van der Waals surface area contributed by atoms with Gasteiger partial charge in [-0.25, -0.2) is 8.42 Å². The topological polar surface area (TPSA) is 86.8 Å². The highest BCUT2D eigenvalue weighted by Gasteiger charge is 2.33. The largest absolute Gasteiger partial charge is 0.352 e. The van der Waals surface area contributed by atoms with E-state index in [-0.39, 0.29) is 29.1 Å². The number of amides is 2. The van der Waals surface area contributed by atoms with Crippen LogP contribution in [0.15, 0.2) is 77.7 Å². The van der Waals surface area contributed by atoms with Gasteiger partial charge in [0.25, 0.3) is 10.0 Å². The summed E-state index contributed by atoms with van der Waals surface area (Å²) in [5.74, 6) is -0.876. The van der Waals surface area contributed by atoms with E-state index in [1.54, 1.807) is 74.5 Å². The highest BCUT2D eigenvalue weighted by molar-refractivity contribution is 7.92. The average molecular weight is 591 g/mol. The maximum absolute atomic E-state index is 14.0. The number of anilines is 1. The second kappa shape index (κ2) is 13.3. The zero-order valence-electron chi connectivity index (χ0n) is 22.4. The molecule has 2 atom stereocenters. The van der Waals surface area contributed by atoms with Crippen LogP contribution in [0, 0.1) is 6.92 Å². The molecule has 10 heteroatoms. The second-order valence-corrected chi connectivity index (χ2v) is 12.1. The highest BCUT2D eigenvalue weighted by atomic mass is 35.5. The van der Waals surface area contributed by atoms with Crippen LogP contribution in [0.2, 0.25) is 10.0 Å². The van der Waals surface area contributed by atoms with Crippen LogP contribution in [0.3, 0.4) is 0 Å². The molecule has 0 heterocycles. The first-order chi connectivity index (χ1) is 18.4. The lowest BCUT2D eigenvalue weighted by Crippen LogP contribution is -2.52. The maximum atomic E-state index is 14.0. The van der Waals surface area contributed by atoms with Gasteiger partial charge in [-0.1, -0.05) is 66.5 Å². The normalized spacial score (nSPS) is 12.9. The Kier molecular flexibility index (Phi) is 10.4. The standard InChI is InChI=1S/C29H33Cl2N3O4S/c1-5-20(2)32-29(36)22(4)33(18-23-14-16-24(30)17-15-23)28(35)19-34(27-13-9-12-26(31)21(27)3)39(37,38)25-10-7-6-8-11-25/h6-17,20,22H,5,18-19H2,1-4H3,(H,32,36)/t20-,22+/m1/s1. The third-order valence-electron chi connectivity index (χ3n) is 6.55. The molecule has 0 spiro atoms. The Labute approximate surface area is 240 Å². The molecule has 7 nitrogen and oxygen atoms in total. The van der Waals surface area contributed by atoms with Gasteiger partial charge in [-0.3, -0.25) is 13.9 Å². The molecule has 0 saturated heterocycles. The summed E-state index contributed by atoms with van der Waals surface area (Å²) in [5.41, 5.74) is 1.54. The molecule has 0 saturated carbocycles. The van der Waals surface area contributed by atoms with Crippen molar-refractivity contribution in [2.45, 2.75) is 57.6 Å². The minimum Gasteiger partial charge on any atom is -0.352 e. The summed E-state index contributed by atoms with van der Waals surface area (Å²) in [6.45, 7) is 6.71. The minimum atomic E-state index is -4.16. The van der Waals surface area contributed by atoms with Crippen LogP contribution in [0.25, 0.3) is 0 Å². The summed E-state index contributed by atoms with van der Waals surface area (Å²) in [4.78, 5) is 28.5. The Bertz CT molecular complexity index is 1400. The van der Waals surface area contributed by atoms with Gasteiger partial charge in [-0.2, -0.15) is 0 Å². The van der Waals surface area contributed by atoms with Crippen molar-refractivity contribution >= 4 is 50.7 Å². The molecule has 0 unspecified atom stereocenters. The quantitative estimate of drug-likeness (QED) is 0.305. The highest BCUT2D eigenvalue weighted by Crippen LogP contribution is 2.31. The van der Waals surface area contributed by atoms with E-state index >= 15 is 0 Å². The van der Waals surface area contributed by atoms with Crippen LogP contribution >= 0.6 is 23.2 Å². The Hall–Kier alpha value is -3.07.